The van der Waals surface area contributed by atoms with Crippen LogP contribution < -0.4 is 19.2 Å². The van der Waals surface area contributed by atoms with Gasteiger partial charge in [0, 0.05) is 5.02 Å². The molecule has 0 bridgehead atoms. The molecular formula is C25H24ClN3O7S. The third-order valence-electron chi connectivity index (χ3n) is 4.92. The lowest BCUT2D eigenvalue weighted by Gasteiger charge is -2.23. The Balaban J connectivity index is 1.71. The zero-order valence-electron chi connectivity index (χ0n) is 20.0. The van der Waals surface area contributed by atoms with Crippen molar-refractivity contribution in [3.05, 3.63) is 83.4 Å². The molecule has 10 nitrogen and oxygen atoms in total. The maximum absolute atomic E-state index is 13.4. The van der Waals surface area contributed by atoms with Crippen LogP contribution in [-0.2, 0) is 24.3 Å². The van der Waals surface area contributed by atoms with E-state index in [1.165, 1.54) is 69.0 Å². The molecule has 1 amide bonds. The van der Waals surface area contributed by atoms with Crippen molar-refractivity contribution in [1.82, 2.24) is 5.43 Å². The highest BCUT2D eigenvalue weighted by Crippen LogP contribution is 2.26. The summed E-state index contributed by atoms with van der Waals surface area (Å²) in [6, 6.07) is 18.5. The minimum atomic E-state index is -4.11. The minimum absolute atomic E-state index is 0.0194. The number of hydrazone groups is 1. The standard InChI is InChI=1S/C25H24ClN3O7S/c1-34-21-11-13-23(14-12-21)37(32,33)29(20-7-5-19(26)6-8-20)16-24(30)28-27-15-18-3-9-22(10-4-18)36-17-25(31)35-2/h3-15H,16-17H2,1-2H3,(H,28,30)/b27-15+. The van der Waals surface area contributed by atoms with Gasteiger partial charge in [-0.3, -0.25) is 9.10 Å². The first kappa shape index (κ1) is 27.5. The van der Waals surface area contributed by atoms with E-state index in [4.69, 9.17) is 21.1 Å². The van der Waals surface area contributed by atoms with E-state index in [-0.39, 0.29) is 17.2 Å². The first-order chi connectivity index (χ1) is 17.7. The Morgan fingerprint density at radius 2 is 1.57 bits per heavy atom. The number of anilines is 1. The highest BCUT2D eigenvalue weighted by atomic mass is 35.5. The fraction of sp³-hybridized carbons (Fsp3) is 0.160. The van der Waals surface area contributed by atoms with Gasteiger partial charge in [-0.15, -0.1) is 0 Å². The zero-order valence-corrected chi connectivity index (χ0v) is 21.5. The summed E-state index contributed by atoms with van der Waals surface area (Å²) in [5, 5.41) is 4.32. The van der Waals surface area contributed by atoms with Gasteiger partial charge in [-0.1, -0.05) is 11.6 Å². The summed E-state index contributed by atoms with van der Waals surface area (Å²) in [6.45, 7) is -0.753. The number of nitrogens with one attached hydrogen (secondary N) is 1. The molecule has 3 aromatic carbocycles. The van der Waals surface area contributed by atoms with Gasteiger partial charge in [0.25, 0.3) is 15.9 Å². The lowest BCUT2D eigenvalue weighted by molar-refractivity contribution is -0.142. The number of carbonyl (C=O) groups excluding carboxylic acids is 2. The molecule has 0 radical (unpaired) electrons. The van der Waals surface area contributed by atoms with Crippen molar-refractivity contribution < 1.29 is 32.2 Å². The number of benzene rings is 3. The molecule has 0 spiro atoms. The van der Waals surface area contributed by atoms with E-state index in [2.05, 4.69) is 15.3 Å². The Morgan fingerprint density at radius 3 is 2.16 bits per heavy atom. The van der Waals surface area contributed by atoms with Crippen LogP contribution in [-0.4, -0.2) is 53.9 Å². The molecule has 12 heteroatoms. The molecule has 0 fully saturated rings. The van der Waals surface area contributed by atoms with Crippen molar-refractivity contribution in [2.75, 3.05) is 31.7 Å². The van der Waals surface area contributed by atoms with Crippen LogP contribution in [0.5, 0.6) is 11.5 Å². The molecule has 0 aliphatic heterocycles. The van der Waals surface area contributed by atoms with Gasteiger partial charge in [0.15, 0.2) is 6.61 Å². The summed E-state index contributed by atoms with van der Waals surface area (Å²) in [5.41, 5.74) is 3.22. The van der Waals surface area contributed by atoms with Crippen LogP contribution in [0.1, 0.15) is 5.56 Å². The molecule has 37 heavy (non-hydrogen) atoms. The third kappa shape index (κ3) is 7.69. The van der Waals surface area contributed by atoms with Crippen molar-refractivity contribution in [3.8, 4) is 11.5 Å². The smallest absolute Gasteiger partial charge is 0.343 e. The summed E-state index contributed by atoms with van der Waals surface area (Å²) in [6.07, 6.45) is 1.38. The van der Waals surface area contributed by atoms with Crippen molar-refractivity contribution in [2.45, 2.75) is 4.90 Å². The second-order valence-electron chi connectivity index (χ2n) is 7.39. The molecule has 0 aromatic heterocycles. The number of carbonyl (C=O) groups is 2. The van der Waals surface area contributed by atoms with E-state index in [0.717, 1.165) is 4.31 Å². The molecule has 3 rings (SSSR count). The minimum Gasteiger partial charge on any atom is -0.497 e. The maximum atomic E-state index is 13.4. The third-order valence-corrected chi connectivity index (χ3v) is 6.96. The Kier molecular flexibility index (Phi) is 9.47. The monoisotopic (exact) mass is 545 g/mol. The Labute approximate surface area is 219 Å². The number of methoxy groups -OCH3 is 2. The molecule has 0 heterocycles. The normalized spacial score (nSPS) is 11.1. The van der Waals surface area contributed by atoms with Gasteiger partial charge in [-0.2, -0.15) is 5.10 Å². The largest absolute Gasteiger partial charge is 0.497 e. The van der Waals surface area contributed by atoms with Gasteiger partial charge < -0.3 is 14.2 Å². The first-order valence-corrected chi connectivity index (χ1v) is 12.6. The molecular weight excluding hydrogens is 522 g/mol. The Hall–Kier alpha value is -4.09. The second kappa shape index (κ2) is 12.7. The fourth-order valence-electron chi connectivity index (χ4n) is 2.99. The second-order valence-corrected chi connectivity index (χ2v) is 9.69. The zero-order chi connectivity index (χ0) is 26.8. The first-order valence-electron chi connectivity index (χ1n) is 10.8. The van der Waals surface area contributed by atoms with Crippen LogP contribution in [0.4, 0.5) is 5.69 Å². The van der Waals surface area contributed by atoms with E-state index in [0.29, 0.717) is 22.1 Å². The van der Waals surface area contributed by atoms with Crippen molar-refractivity contribution in [2.24, 2.45) is 5.10 Å². The number of halogens is 1. The average molecular weight is 546 g/mol. The van der Waals surface area contributed by atoms with Gasteiger partial charge >= 0.3 is 5.97 Å². The van der Waals surface area contributed by atoms with E-state index >= 15 is 0 Å². The maximum Gasteiger partial charge on any atom is 0.343 e. The predicted molar refractivity (Wildman–Crippen MR) is 139 cm³/mol. The topological polar surface area (TPSA) is 124 Å². The van der Waals surface area contributed by atoms with E-state index in [1.54, 1.807) is 24.3 Å². The Morgan fingerprint density at radius 1 is 0.946 bits per heavy atom. The molecule has 0 aliphatic carbocycles. The van der Waals surface area contributed by atoms with Gasteiger partial charge in [0.2, 0.25) is 0 Å². The summed E-state index contributed by atoms with van der Waals surface area (Å²) in [4.78, 5) is 23.8. The number of hydrogen-bond acceptors (Lipinski definition) is 8. The number of rotatable bonds is 11. The highest BCUT2D eigenvalue weighted by Gasteiger charge is 2.27. The van der Waals surface area contributed by atoms with Crippen LogP contribution in [0.3, 0.4) is 0 Å². The van der Waals surface area contributed by atoms with E-state index < -0.39 is 28.4 Å². The van der Waals surface area contributed by atoms with Gasteiger partial charge in [0.1, 0.15) is 18.0 Å². The van der Waals surface area contributed by atoms with Gasteiger partial charge in [0.05, 0.1) is 31.0 Å². The van der Waals surface area contributed by atoms with Crippen LogP contribution in [0.25, 0.3) is 0 Å². The highest BCUT2D eigenvalue weighted by molar-refractivity contribution is 7.92. The number of amides is 1. The number of ether oxygens (including phenoxy) is 3. The van der Waals surface area contributed by atoms with Crippen LogP contribution in [0.15, 0.2) is 82.8 Å². The van der Waals surface area contributed by atoms with E-state index in [9.17, 15) is 18.0 Å². The number of sulfonamides is 1. The molecule has 0 saturated heterocycles. The average Bonchev–Trinajstić information content (AvgIpc) is 2.91. The van der Waals surface area contributed by atoms with Crippen molar-refractivity contribution in [1.29, 1.82) is 0 Å². The SMILES string of the molecule is COC(=O)COc1ccc(/C=N/NC(=O)CN(c2ccc(Cl)cc2)S(=O)(=O)c2ccc(OC)cc2)cc1. The molecule has 3 aromatic rings. The van der Waals surface area contributed by atoms with Crippen LogP contribution in [0.2, 0.25) is 5.02 Å². The van der Waals surface area contributed by atoms with Crippen LogP contribution >= 0.6 is 11.6 Å². The molecule has 194 valence electrons. The molecule has 0 aliphatic rings. The number of hydrogen-bond donors (Lipinski definition) is 1. The summed E-state index contributed by atoms with van der Waals surface area (Å²) in [5.74, 6) is -0.225. The number of nitrogens with zero attached hydrogens (tertiary/aromatic N) is 2. The Bertz CT molecular complexity index is 1340. The lowest BCUT2D eigenvalue weighted by atomic mass is 10.2. The van der Waals surface area contributed by atoms with Gasteiger partial charge in [-0.05, 0) is 78.4 Å². The summed E-state index contributed by atoms with van der Waals surface area (Å²) in [7, 11) is -1.37. The van der Waals surface area contributed by atoms with E-state index in [1.807, 2.05) is 0 Å². The quantitative estimate of drug-likeness (QED) is 0.223. The van der Waals surface area contributed by atoms with Crippen molar-refractivity contribution in [3.63, 3.8) is 0 Å². The molecule has 0 unspecified atom stereocenters. The molecule has 0 saturated carbocycles. The van der Waals surface area contributed by atoms with Crippen molar-refractivity contribution >= 4 is 45.4 Å². The van der Waals surface area contributed by atoms with Crippen LogP contribution in [0, 0.1) is 0 Å². The molecule has 1 N–H and O–H groups in total. The number of esters is 1. The predicted octanol–water partition coefficient (Wildman–Crippen LogP) is 3.25. The lowest BCUT2D eigenvalue weighted by Crippen LogP contribution is -2.39. The summed E-state index contributed by atoms with van der Waals surface area (Å²) >= 11 is 5.95. The summed E-state index contributed by atoms with van der Waals surface area (Å²) < 4.78 is 42.6. The fourth-order valence-corrected chi connectivity index (χ4v) is 4.54. The van der Waals surface area contributed by atoms with Gasteiger partial charge in [-0.25, -0.2) is 18.6 Å². The molecule has 0 atom stereocenters.